The molecule has 102 valence electrons. The molecule has 0 fully saturated rings. The van der Waals surface area contributed by atoms with Crippen molar-refractivity contribution in [1.82, 2.24) is 15.1 Å². The van der Waals surface area contributed by atoms with E-state index in [0.29, 0.717) is 12.1 Å². The average Bonchev–Trinajstić information content (AvgIpc) is 2.93. The van der Waals surface area contributed by atoms with Crippen molar-refractivity contribution < 1.29 is 9.21 Å². The summed E-state index contributed by atoms with van der Waals surface area (Å²) in [6, 6.07) is 3.64. The van der Waals surface area contributed by atoms with Crippen LogP contribution in [0, 0.1) is 6.92 Å². The second-order valence-electron chi connectivity index (χ2n) is 4.89. The number of nitrogens with one attached hydrogen (secondary N) is 1. The molecule has 0 bridgehead atoms. The van der Waals surface area contributed by atoms with Gasteiger partial charge in [0.2, 0.25) is 0 Å². The van der Waals surface area contributed by atoms with E-state index in [0.717, 1.165) is 17.1 Å². The van der Waals surface area contributed by atoms with Crippen LogP contribution in [-0.2, 0) is 13.6 Å². The normalized spacial score (nSPS) is 11.0. The van der Waals surface area contributed by atoms with Crippen molar-refractivity contribution in [2.75, 3.05) is 0 Å². The minimum absolute atomic E-state index is 0.106. The average molecular weight is 261 g/mol. The van der Waals surface area contributed by atoms with E-state index in [1.54, 1.807) is 17.0 Å². The predicted molar refractivity (Wildman–Crippen MR) is 71.9 cm³/mol. The third-order valence-corrected chi connectivity index (χ3v) is 3.04. The van der Waals surface area contributed by atoms with Crippen molar-refractivity contribution in [1.29, 1.82) is 0 Å². The summed E-state index contributed by atoms with van der Waals surface area (Å²) in [6.07, 6.45) is 1.59. The summed E-state index contributed by atoms with van der Waals surface area (Å²) in [5.41, 5.74) is 2.38. The highest BCUT2D eigenvalue weighted by molar-refractivity contribution is 5.96. The van der Waals surface area contributed by atoms with Crippen molar-refractivity contribution in [2.45, 2.75) is 33.2 Å². The molecule has 0 aliphatic heterocycles. The number of furan rings is 1. The largest absolute Gasteiger partial charge is 0.467 e. The van der Waals surface area contributed by atoms with Crippen LogP contribution in [0.4, 0.5) is 0 Å². The zero-order valence-corrected chi connectivity index (χ0v) is 11.7. The van der Waals surface area contributed by atoms with Crippen LogP contribution in [0.3, 0.4) is 0 Å². The molecule has 0 saturated carbocycles. The maximum atomic E-state index is 12.3. The Morgan fingerprint density at radius 2 is 2.26 bits per heavy atom. The smallest absolute Gasteiger partial charge is 0.255 e. The van der Waals surface area contributed by atoms with Crippen molar-refractivity contribution in [2.24, 2.45) is 7.05 Å². The SMILES string of the molecule is Cc1nn(C)c(C(C)C)c1C(=O)NCc1ccco1. The maximum absolute atomic E-state index is 12.3. The highest BCUT2D eigenvalue weighted by Gasteiger charge is 2.21. The zero-order chi connectivity index (χ0) is 14.0. The van der Waals surface area contributed by atoms with E-state index in [1.165, 1.54) is 0 Å². The van der Waals surface area contributed by atoms with Gasteiger partial charge in [0, 0.05) is 7.05 Å². The van der Waals surface area contributed by atoms with Gasteiger partial charge in [0.05, 0.1) is 29.8 Å². The van der Waals surface area contributed by atoms with Gasteiger partial charge in [-0.05, 0) is 25.0 Å². The van der Waals surface area contributed by atoms with E-state index in [4.69, 9.17) is 4.42 Å². The van der Waals surface area contributed by atoms with Crippen molar-refractivity contribution in [3.05, 3.63) is 41.1 Å². The second kappa shape index (κ2) is 5.30. The van der Waals surface area contributed by atoms with Crippen molar-refractivity contribution in [3.63, 3.8) is 0 Å². The summed E-state index contributed by atoms with van der Waals surface area (Å²) in [7, 11) is 1.87. The first-order valence-electron chi connectivity index (χ1n) is 6.34. The van der Waals surface area contributed by atoms with Gasteiger partial charge in [-0.15, -0.1) is 0 Å². The molecule has 5 nitrogen and oxygen atoms in total. The van der Waals surface area contributed by atoms with E-state index in [9.17, 15) is 4.79 Å². The van der Waals surface area contributed by atoms with Gasteiger partial charge in [0.25, 0.3) is 5.91 Å². The molecule has 0 saturated heterocycles. The van der Waals surface area contributed by atoms with Gasteiger partial charge >= 0.3 is 0 Å². The van der Waals surface area contributed by atoms with Crippen molar-refractivity contribution >= 4 is 5.91 Å². The molecule has 2 rings (SSSR count). The lowest BCUT2D eigenvalue weighted by atomic mass is 10.0. The Hall–Kier alpha value is -2.04. The third kappa shape index (κ3) is 2.70. The Morgan fingerprint density at radius 3 is 2.84 bits per heavy atom. The van der Waals surface area contributed by atoms with Crippen LogP contribution in [0.2, 0.25) is 0 Å². The second-order valence-corrected chi connectivity index (χ2v) is 4.89. The molecule has 0 unspecified atom stereocenters. The Bertz CT molecular complexity index is 568. The Kier molecular flexibility index (Phi) is 3.74. The minimum Gasteiger partial charge on any atom is -0.467 e. The maximum Gasteiger partial charge on any atom is 0.255 e. The van der Waals surface area contributed by atoms with Crippen LogP contribution in [0.5, 0.6) is 0 Å². The van der Waals surface area contributed by atoms with Crippen LogP contribution in [0.15, 0.2) is 22.8 Å². The minimum atomic E-state index is -0.106. The third-order valence-electron chi connectivity index (χ3n) is 3.04. The summed E-state index contributed by atoms with van der Waals surface area (Å²) in [5.74, 6) is 0.877. The Labute approximate surface area is 112 Å². The fourth-order valence-electron chi connectivity index (χ4n) is 2.29. The number of carbonyl (C=O) groups is 1. The van der Waals surface area contributed by atoms with E-state index in [-0.39, 0.29) is 11.8 Å². The molecular formula is C14H19N3O2. The standard InChI is InChI=1S/C14H19N3O2/c1-9(2)13-12(10(3)16-17(13)4)14(18)15-8-11-6-5-7-19-11/h5-7,9H,8H2,1-4H3,(H,15,18). The highest BCUT2D eigenvalue weighted by Crippen LogP contribution is 2.21. The summed E-state index contributed by atoms with van der Waals surface area (Å²) >= 11 is 0. The zero-order valence-electron chi connectivity index (χ0n) is 11.7. The molecule has 0 spiro atoms. The van der Waals surface area contributed by atoms with Gasteiger partial charge in [0.15, 0.2) is 0 Å². The molecule has 5 heteroatoms. The number of hydrogen-bond acceptors (Lipinski definition) is 3. The fourth-order valence-corrected chi connectivity index (χ4v) is 2.29. The number of aryl methyl sites for hydroxylation is 2. The molecule has 0 radical (unpaired) electrons. The lowest BCUT2D eigenvalue weighted by Crippen LogP contribution is -2.24. The van der Waals surface area contributed by atoms with E-state index in [2.05, 4.69) is 24.3 Å². The quantitative estimate of drug-likeness (QED) is 0.919. The van der Waals surface area contributed by atoms with Crippen LogP contribution < -0.4 is 5.32 Å². The molecule has 2 aromatic rings. The van der Waals surface area contributed by atoms with E-state index in [1.807, 2.05) is 20.0 Å². The van der Waals surface area contributed by atoms with Gasteiger partial charge in [-0.1, -0.05) is 13.8 Å². The Balaban J connectivity index is 2.19. The van der Waals surface area contributed by atoms with Crippen molar-refractivity contribution in [3.8, 4) is 0 Å². The van der Waals surface area contributed by atoms with Gasteiger partial charge in [0.1, 0.15) is 5.76 Å². The molecule has 2 heterocycles. The Morgan fingerprint density at radius 1 is 1.53 bits per heavy atom. The van der Waals surface area contributed by atoms with Gasteiger partial charge in [-0.2, -0.15) is 5.10 Å². The molecule has 0 atom stereocenters. The topological polar surface area (TPSA) is 60.1 Å². The van der Waals surface area contributed by atoms with E-state index >= 15 is 0 Å². The van der Waals surface area contributed by atoms with Gasteiger partial charge in [-0.3, -0.25) is 9.48 Å². The van der Waals surface area contributed by atoms with Gasteiger partial charge in [-0.25, -0.2) is 0 Å². The number of hydrogen-bond donors (Lipinski definition) is 1. The predicted octanol–water partition coefficient (Wildman–Crippen LogP) is 2.37. The highest BCUT2D eigenvalue weighted by atomic mass is 16.3. The summed E-state index contributed by atoms with van der Waals surface area (Å²) in [6.45, 7) is 6.35. The van der Waals surface area contributed by atoms with Crippen LogP contribution in [0.1, 0.15) is 47.3 Å². The number of amides is 1. The number of carbonyl (C=O) groups excluding carboxylic acids is 1. The molecule has 0 aliphatic carbocycles. The molecule has 1 N–H and O–H groups in total. The van der Waals surface area contributed by atoms with Gasteiger partial charge < -0.3 is 9.73 Å². The molecular weight excluding hydrogens is 242 g/mol. The summed E-state index contributed by atoms with van der Waals surface area (Å²) in [5, 5.41) is 7.20. The first-order chi connectivity index (χ1) is 9.00. The number of aromatic nitrogens is 2. The molecule has 2 aromatic heterocycles. The first kappa shape index (κ1) is 13.4. The fraction of sp³-hybridized carbons (Fsp3) is 0.429. The van der Waals surface area contributed by atoms with Crippen LogP contribution in [-0.4, -0.2) is 15.7 Å². The lowest BCUT2D eigenvalue weighted by Gasteiger charge is -2.10. The summed E-state index contributed by atoms with van der Waals surface area (Å²) in [4.78, 5) is 12.3. The molecule has 1 amide bonds. The number of rotatable bonds is 4. The molecule has 19 heavy (non-hydrogen) atoms. The van der Waals surface area contributed by atoms with Crippen LogP contribution >= 0.6 is 0 Å². The monoisotopic (exact) mass is 261 g/mol. The van der Waals surface area contributed by atoms with E-state index < -0.39 is 0 Å². The summed E-state index contributed by atoms with van der Waals surface area (Å²) < 4.78 is 6.98. The number of nitrogens with zero attached hydrogens (tertiary/aromatic N) is 2. The lowest BCUT2D eigenvalue weighted by molar-refractivity contribution is 0.0946. The molecule has 0 aromatic carbocycles. The first-order valence-corrected chi connectivity index (χ1v) is 6.34. The molecule has 0 aliphatic rings. The van der Waals surface area contributed by atoms with Crippen LogP contribution in [0.25, 0.3) is 0 Å².